The van der Waals surface area contributed by atoms with E-state index < -0.39 is 0 Å². The number of aromatic nitrogens is 4. The second-order valence-corrected chi connectivity index (χ2v) is 5.48. The molecule has 2 aromatic rings. The molecular weight excluding hydrogens is 274 g/mol. The van der Waals surface area contributed by atoms with Crippen LogP contribution in [0.15, 0.2) is 16.7 Å². The SMILES string of the molecule is CN=C(NCc1ncnn1C)N(C)Cc1csc(C)n1. The van der Waals surface area contributed by atoms with Crippen LogP contribution in [-0.4, -0.2) is 44.7 Å². The van der Waals surface area contributed by atoms with Gasteiger partial charge >= 0.3 is 0 Å². The van der Waals surface area contributed by atoms with Gasteiger partial charge in [-0.1, -0.05) is 0 Å². The molecule has 0 saturated heterocycles. The van der Waals surface area contributed by atoms with Crippen LogP contribution in [0.2, 0.25) is 0 Å². The largest absolute Gasteiger partial charge is 0.349 e. The first-order chi connectivity index (χ1) is 9.60. The summed E-state index contributed by atoms with van der Waals surface area (Å²) in [4.78, 5) is 14.9. The number of aliphatic imine (C=N–C) groups is 1. The van der Waals surface area contributed by atoms with Gasteiger partial charge in [0.15, 0.2) is 5.96 Å². The second kappa shape index (κ2) is 6.47. The highest BCUT2D eigenvalue weighted by Crippen LogP contribution is 2.09. The summed E-state index contributed by atoms with van der Waals surface area (Å²) in [5.41, 5.74) is 1.05. The number of hydrogen-bond donors (Lipinski definition) is 1. The van der Waals surface area contributed by atoms with Crippen molar-refractivity contribution in [2.75, 3.05) is 14.1 Å². The first-order valence-electron chi connectivity index (χ1n) is 6.26. The average Bonchev–Trinajstić information content (AvgIpc) is 3.00. The Balaban J connectivity index is 1.93. The Morgan fingerprint density at radius 3 is 2.90 bits per heavy atom. The molecule has 0 aliphatic rings. The van der Waals surface area contributed by atoms with E-state index in [-0.39, 0.29) is 0 Å². The second-order valence-electron chi connectivity index (χ2n) is 4.41. The molecule has 2 rings (SSSR count). The van der Waals surface area contributed by atoms with Crippen LogP contribution < -0.4 is 5.32 Å². The number of nitrogens with one attached hydrogen (secondary N) is 1. The number of nitrogens with zero attached hydrogens (tertiary/aromatic N) is 6. The van der Waals surface area contributed by atoms with Crippen molar-refractivity contribution in [1.82, 2.24) is 30.0 Å². The Hall–Kier alpha value is -1.96. The fourth-order valence-corrected chi connectivity index (χ4v) is 2.43. The van der Waals surface area contributed by atoms with E-state index in [1.54, 1.807) is 29.4 Å². The van der Waals surface area contributed by atoms with Crippen LogP contribution in [0, 0.1) is 6.92 Å². The monoisotopic (exact) mass is 293 g/mol. The smallest absolute Gasteiger partial charge is 0.194 e. The molecule has 0 bridgehead atoms. The lowest BCUT2D eigenvalue weighted by Crippen LogP contribution is -2.38. The van der Waals surface area contributed by atoms with Crippen molar-refractivity contribution in [3.63, 3.8) is 0 Å². The van der Waals surface area contributed by atoms with Gasteiger partial charge in [-0.25, -0.2) is 9.97 Å². The fourth-order valence-electron chi connectivity index (χ4n) is 1.82. The van der Waals surface area contributed by atoms with Crippen LogP contribution in [0.1, 0.15) is 16.5 Å². The van der Waals surface area contributed by atoms with E-state index in [9.17, 15) is 0 Å². The lowest BCUT2D eigenvalue weighted by Gasteiger charge is -2.20. The molecule has 20 heavy (non-hydrogen) atoms. The summed E-state index contributed by atoms with van der Waals surface area (Å²) in [6, 6.07) is 0. The van der Waals surface area contributed by atoms with Crippen LogP contribution in [-0.2, 0) is 20.1 Å². The molecule has 108 valence electrons. The summed E-state index contributed by atoms with van der Waals surface area (Å²) >= 11 is 1.66. The van der Waals surface area contributed by atoms with Crippen LogP contribution in [0.5, 0.6) is 0 Å². The van der Waals surface area contributed by atoms with E-state index in [1.165, 1.54) is 0 Å². The van der Waals surface area contributed by atoms with E-state index in [2.05, 4.69) is 30.8 Å². The molecule has 8 heteroatoms. The minimum atomic E-state index is 0.587. The Labute approximate surface area is 122 Å². The van der Waals surface area contributed by atoms with Gasteiger partial charge in [0.05, 0.1) is 23.8 Å². The number of guanidine groups is 1. The molecule has 0 radical (unpaired) electrons. The van der Waals surface area contributed by atoms with Crippen LogP contribution in [0.4, 0.5) is 0 Å². The zero-order chi connectivity index (χ0) is 14.5. The number of rotatable bonds is 4. The summed E-state index contributed by atoms with van der Waals surface area (Å²) in [6.45, 7) is 3.32. The average molecular weight is 293 g/mol. The Morgan fingerprint density at radius 1 is 1.55 bits per heavy atom. The molecule has 2 heterocycles. The zero-order valence-electron chi connectivity index (χ0n) is 12.2. The summed E-state index contributed by atoms with van der Waals surface area (Å²) < 4.78 is 1.74. The Bertz CT molecular complexity index is 586. The van der Waals surface area contributed by atoms with E-state index in [0.717, 1.165) is 29.0 Å². The number of hydrogen-bond acceptors (Lipinski definition) is 5. The van der Waals surface area contributed by atoms with E-state index in [0.29, 0.717) is 6.54 Å². The molecule has 7 nitrogen and oxygen atoms in total. The highest BCUT2D eigenvalue weighted by molar-refractivity contribution is 7.09. The van der Waals surface area contributed by atoms with Crippen molar-refractivity contribution in [2.45, 2.75) is 20.0 Å². The number of thiazole rings is 1. The fraction of sp³-hybridized carbons (Fsp3) is 0.500. The summed E-state index contributed by atoms with van der Waals surface area (Å²) in [5.74, 6) is 1.67. The van der Waals surface area contributed by atoms with E-state index in [4.69, 9.17) is 0 Å². The van der Waals surface area contributed by atoms with E-state index >= 15 is 0 Å². The third-order valence-electron chi connectivity index (χ3n) is 2.85. The summed E-state index contributed by atoms with van der Waals surface area (Å²) in [6.07, 6.45) is 1.54. The quantitative estimate of drug-likeness (QED) is 0.666. The van der Waals surface area contributed by atoms with Crippen LogP contribution in [0.3, 0.4) is 0 Å². The molecule has 0 spiro atoms. The lowest BCUT2D eigenvalue weighted by atomic mass is 10.4. The zero-order valence-corrected chi connectivity index (χ0v) is 13.0. The topological polar surface area (TPSA) is 71.2 Å². The minimum absolute atomic E-state index is 0.587. The van der Waals surface area contributed by atoms with Gasteiger partial charge in [0.1, 0.15) is 12.2 Å². The lowest BCUT2D eigenvalue weighted by molar-refractivity contribution is 0.468. The van der Waals surface area contributed by atoms with Gasteiger partial charge in [-0.3, -0.25) is 9.67 Å². The Morgan fingerprint density at radius 2 is 2.35 bits per heavy atom. The first kappa shape index (κ1) is 14.4. The first-order valence-corrected chi connectivity index (χ1v) is 7.13. The third-order valence-corrected chi connectivity index (χ3v) is 3.67. The molecule has 0 aromatic carbocycles. The maximum Gasteiger partial charge on any atom is 0.194 e. The number of aryl methyl sites for hydroxylation is 2. The van der Waals surface area contributed by atoms with Crippen molar-refractivity contribution < 1.29 is 0 Å². The molecule has 0 unspecified atom stereocenters. The van der Waals surface area contributed by atoms with Gasteiger partial charge in [-0.15, -0.1) is 11.3 Å². The standard InChI is InChI=1S/C12H19N7S/c1-9-17-10(7-20-9)6-18(3)12(13-2)14-5-11-15-8-16-19(11)4/h7-8H,5-6H2,1-4H3,(H,13,14). The third kappa shape index (κ3) is 3.53. The maximum atomic E-state index is 4.46. The predicted octanol–water partition coefficient (Wildman–Crippen LogP) is 0.787. The van der Waals surface area contributed by atoms with Crippen molar-refractivity contribution in [2.24, 2.45) is 12.0 Å². The van der Waals surface area contributed by atoms with Gasteiger partial charge in [-0.2, -0.15) is 5.10 Å². The van der Waals surface area contributed by atoms with Crippen molar-refractivity contribution in [3.8, 4) is 0 Å². The molecule has 2 aromatic heterocycles. The predicted molar refractivity (Wildman–Crippen MR) is 79.5 cm³/mol. The molecule has 0 amide bonds. The van der Waals surface area contributed by atoms with Crippen molar-refractivity contribution >= 4 is 17.3 Å². The molecule has 0 atom stereocenters. The summed E-state index contributed by atoms with van der Waals surface area (Å²) in [7, 11) is 5.62. The molecule has 0 aliphatic heterocycles. The van der Waals surface area contributed by atoms with Crippen molar-refractivity contribution in [1.29, 1.82) is 0 Å². The van der Waals surface area contributed by atoms with Gasteiger partial charge in [0.25, 0.3) is 0 Å². The minimum Gasteiger partial charge on any atom is -0.349 e. The Kier molecular flexibility index (Phi) is 4.67. The maximum absolute atomic E-state index is 4.46. The van der Waals surface area contributed by atoms with Crippen LogP contribution in [0.25, 0.3) is 0 Å². The normalized spacial score (nSPS) is 11.7. The van der Waals surface area contributed by atoms with Gasteiger partial charge in [-0.05, 0) is 6.92 Å². The van der Waals surface area contributed by atoms with E-state index in [1.807, 2.05) is 25.9 Å². The molecular formula is C12H19N7S. The van der Waals surface area contributed by atoms with Gasteiger partial charge < -0.3 is 10.2 Å². The van der Waals surface area contributed by atoms with Crippen LogP contribution >= 0.6 is 11.3 Å². The molecule has 1 N–H and O–H groups in total. The summed E-state index contributed by atoms with van der Waals surface area (Å²) in [5, 5.41) is 10.5. The molecule has 0 fully saturated rings. The highest BCUT2D eigenvalue weighted by atomic mass is 32.1. The van der Waals surface area contributed by atoms with Gasteiger partial charge in [0, 0.05) is 26.5 Å². The van der Waals surface area contributed by atoms with Gasteiger partial charge in [0.2, 0.25) is 0 Å². The highest BCUT2D eigenvalue weighted by Gasteiger charge is 2.09. The molecule has 0 saturated carbocycles. The molecule has 0 aliphatic carbocycles. The van der Waals surface area contributed by atoms with Crippen molar-refractivity contribution in [3.05, 3.63) is 28.2 Å².